The largest absolute Gasteiger partial charge is 0.481 e. The van der Waals surface area contributed by atoms with Crippen molar-refractivity contribution < 1.29 is 28.9 Å². The van der Waals surface area contributed by atoms with Crippen molar-refractivity contribution in [2.75, 3.05) is 6.61 Å². The summed E-state index contributed by atoms with van der Waals surface area (Å²) in [4.78, 5) is 23.0. The van der Waals surface area contributed by atoms with E-state index >= 15 is 0 Å². The van der Waals surface area contributed by atoms with Crippen molar-refractivity contribution >= 4 is 11.9 Å². The van der Waals surface area contributed by atoms with E-state index in [0.717, 1.165) is 38.7 Å². The minimum atomic E-state index is -0.953. The lowest BCUT2D eigenvalue weighted by atomic mass is 9.47. The number of hydrogen-bond donors (Lipinski definition) is 1. The van der Waals surface area contributed by atoms with Gasteiger partial charge >= 0.3 is 11.9 Å². The van der Waals surface area contributed by atoms with E-state index in [1.54, 1.807) is 0 Å². The maximum Gasteiger partial charge on any atom is 0.306 e. The van der Waals surface area contributed by atoms with E-state index in [1.807, 2.05) is 0 Å². The van der Waals surface area contributed by atoms with Crippen LogP contribution in [0.15, 0.2) is 11.6 Å². The lowest BCUT2D eigenvalue weighted by molar-refractivity contribution is -0.272. The summed E-state index contributed by atoms with van der Waals surface area (Å²) in [5, 5.41) is 8.86. The van der Waals surface area contributed by atoms with Crippen molar-refractivity contribution in [3.63, 3.8) is 0 Å². The molecule has 6 aliphatic rings. The average molecular weight is 515 g/mol. The molecule has 0 amide bonds. The third kappa shape index (κ3) is 4.02. The second-order valence-electron chi connectivity index (χ2n) is 14.0. The van der Waals surface area contributed by atoms with Crippen LogP contribution in [0.25, 0.3) is 0 Å². The molecule has 0 bridgehead atoms. The van der Waals surface area contributed by atoms with Crippen molar-refractivity contribution in [3.8, 4) is 0 Å². The first-order chi connectivity index (χ1) is 17.6. The summed E-state index contributed by atoms with van der Waals surface area (Å²) in [7, 11) is 0. The molecule has 0 unspecified atom stereocenters. The summed E-state index contributed by atoms with van der Waals surface area (Å²) in [5.41, 5.74) is 1.98. The molecule has 11 atom stereocenters. The van der Waals surface area contributed by atoms with Gasteiger partial charge in [0.1, 0.15) is 6.10 Å². The normalized spacial score (nSPS) is 50.4. The molecule has 2 aliphatic heterocycles. The predicted octanol–water partition coefficient (Wildman–Crippen LogP) is 6.13. The van der Waals surface area contributed by atoms with Gasteiger partial charge in [-0.2, -0.15) is 0 Å². The molecular weight excluding hydrogens is 468 g/mol. The molecule has 0 aromatic carbocycles. The number of carboxylic acid groups (broad SMARTS) is 1. The highest BCUT2D eigenvalue weighted by Gasteiger charge is 2.68. The number of allylic oxidation sites excluding steroid dienone is 1. The second-order valence-corrected chi connectivity index (χ2v) is 14.0. The van der Waals surface area contributed by atoms with E-state index in [2.05, 4.69) is 33.8 Å². The highest BCUT2D eigenvalue weighted by atomic mass is 16.7. The first kappa shape index (κ1) is 25.9. The van der Waals surface area contributed by atoms with Crippen LogP contribution >= 0.6 is 0 Å². The first-order valence-corrected chi connectivity index (χ1v) is 15.0. The van der Waals surface area contributed by atoms with Crippen LogP contribution in [0.3, 0.4) is 0 Å². The summed E-state index contributed by atoms with van der Waals surface area (Å²) in [6.45, 7) is 10.6. The first-order valence-electron chi connectivity index (χ1n) is 15.0. The molecule has 5 fully saturated rings. The van der Waals surface area contributed by atoms with Crippen LogP contribution in [0.5, 0.6) is 0 Å². The summed E-state index contributed by atoms with van der Waals surface area (Å²) in [5.74, 6) is 2.08. The summed E-state index contributed by atoms with van der Waals surface area (Å²) in [6.07, 6.45) is 12.4. The highest BCUT2D eigenvalue weighted by molar-refractivity contribution is 5.76. The van der Waals surface area contributed by atoms with Gasteiger partial charge < -0.3 is 19.3 Å². The van der Waals surface area contributed by atoms with Crippen LogP contribution in [0.2, 0.25) is 0 Å². The minimum absolute atomic E-state index is 0.0404. The molecule has 6 heteroatoms. The third-order valence-electron chi connectivity index (χ3n) is 12.2. The van der Waals surface area contributed by atoms with E-state index in [4.69, 9.17) is 19.3 Å². The fraction of sp³-hybridized carbons (Fsp3) is 0.871. The van der Waals surface area contributed by atoms with Crippen LogP contribution in [0, 0.1) is 46.3 Å². The molecule has 4 aliphatic carbocycles. The quantitative estimate of drug-likeness (QED) is 0.359. The van der Waals surface area contributed by atoms with Gasteiger partial charge in [-0.1, -0.05) is 39.3 Å². The van der Waals surface area contributed by atoms with Gasteiger partial charge in [-0.05, 0) is 85.4 Å². The van der Waals surface area contributed by atoms with Gasteiger partial charge in [0, 0.05) is 18.8 Å². The predicted molar refractivity (Wildman–Crippen MR) is 138 cm³/mol. The average Bonchev–Trinajstić information content (AvgIpc) is 3.30. The van der Waals surface area contributed by atoms with Gasteiger partial charge in [0.2, 0.25) is 0 Å². The van der Waals surface area contributed by atoms with E-state index in [9.17, 15) is 9.59 Å². The Balaban J connectivity index is 1.16. The molecule has 37 heavy (non-hydrogen) atoms. The molecular formula is C31H46O6. The molecule has 0 radical (unpaired) electrons. The van der Waals surface area contributed by atoms with Crippen molar-refractivity contribution in [1.29, 1.82) is 0 Å². The fourth-order valence-corrected chi connectivity index (χ4v) is 10.2. The lowest BCUT2D eigenvalue weighted by Gasteiger charge is -2.58. The van der Waals surface area contributed by atoms with Crippen LogP contribution in [-0.4, -0.2) is 41.6 Å². The molecule has 2 saturated heterocycles. The zero-order valence-electron chi connectivity index (χ0n) is 23.2. The van der Waals surface area contributed by atoms with Crippen molar-refractivity contribution in [3.05, 3.63) is 11.6 Å². The van der Waals surface area contributed by atoms with E-state index in [-0.39, 0.29) is 36.1 Å². The Morgan fingerprint density at radius 2 is 1.89 bits per heavy atom. The summed E-state index contributed by atoms with van der Waals surface area (Å²) in [6, 6.07) is 0. The fourth-order valence-electron chi connectivity index (χ4n) is 10.2. The van der Waals surface area contributed by atoms with Gasteiger partial charge in [0.25, 0.3) is 0 Å². The highest BCUT2D eigenvalue weighted by Crippen LogP contribution is 2.70. The number of carbonyl (C=O) groups excluding carboxylic acids is 1. The molecule has 6 nitrogen and oxygen atoms in total. The number of fused-ring (bicyclic) bond motifs is 7. The molecule has 0 aromatic rings. The molecule has 206 valence electrons. The lowest BCUT2D eigenvalue weighted by Crippen LogP contribution is -2.52. The topological polar surface area (TPSA) is 82.1 Å². The monoisotopic (exact) mass is 514 g/mol. The summed E-state index contributed by atoms with van der Waals surface area (Å²) >= 11 is 0. The Hall–Kier alpha value is -1.40. The Morgan fingerprint density at radius 1 is 1.08 bits per heavy atom. The van der Waals surface area contributed by atoms with Crippen molar-refractivity contribution in [2.45, 2.75) is 116 Å². The van der Waals surface area contributed by atoms with Crippen molar-refractivity contribution in [2.24, 2.45) is 46.3 Å². The number of carbonyl (C=O) groups is 2. The van der Waals surface area contributed by atoms with Crippen molar-refractivity contribution in [1.82, 2.24) is 0 Å². The molecule has 2 heterocycles. The molecule has 3 saturated carbocycles. The molecule has 6 rings (SSSR count). The maximum atomic E-state index is 12.2. The Morgan fingerprint density at radius 3 is 2.62 bits per heavy atom. The maximum absolute atomic E-state index is 12.2. The summed E-state index contributed by atoms with van der Waals surface area (Å²) < 4.78 is 19.1. The van der Waals surface area contributed by atoms with Gasteiger partial charge in [-0.3, -0.25) is 9.59 Å². The zero-order valence-corrected chi connectivity index (χ0v) is 23.2. The number of rotatable bonds is 4. The van der Waals surface area contributed by atoms with Gasteiger partial charge in [-0.15, -0.1) is 0 Å². The van der Waals surface area contributed by atoms with Gasteiger partial charge in [-0.25, -0.2) is 0 Å². The van der Waals surface area contributed by atoms with E-state index in [0.29, 0.717) is 47.0 Å². The number of ether oxygens (including phenoxy) is 3. The smallest absolute Gasteiger partial charge is 0.306 e. The van der Waals surface area contributed by atoms with Crippen LogP contribution in [0.1, 0.15) is 98.3 Å². The SMILES string of the molecule is C[C@H]1CC[C@@]2(OC1)O[C@H]1C[C@H]3[C@@H]4CC=C5C[C@@H](OC(=O)CCC(=O)O)CC[C@]5(C)[C@H]4CC[C@]3(C)[C@H]1[C@@H]2C. The minimum Gasteiger partial charge on any atom is -0.481 e. The second kappa shape index (κ2) is 9.08. The van der Waals surface area contributed by atoms with E-state index in [1.165, 1.54) is 31.3 Å². The molecule has 1 spiro atoms. The van der Waals surface area contributed by atoms with Gasteiger partial charge in [0.15, 0.2) is 5.79 Å². The van der Waals surface area contributed by atoms with E-state index < -0.39 is 5.97 Å². The molecule has 0 aromatic heterocycles. The third-order valence-corrected chi connectivity index (χ3v) is 12.2. The van der Waals surface area contributed by atoms with Gasteiger partial charge in [0.05, 0.1) is 25.6 Å². The standard InChI is InChI=1S/C31H46O6/c1-18-9-14-31(35-17-18)19(2)28-25(37-31)16-24-22-6-5-20-15-21(36-27(34)8-7-26(32)33)10-12-29(20,3)23(22)11-13-30(24,28)4/h5,18-19,21-25,28H,6-17H2,1-4H3,(H,32,33)/t18-,19-,21-,22+,23-,24-,25-,28-,29-,30-,31+/m0/s1. The number of hydrogen-bond acceptors (Lipinski definition) is 5. The van der Waals surface area contributed by atoms with Crippen LogP contribution in [0.4, 0.5) is 0 Å². The number of carboxylic acids is 1. The Bertz CT molecular complexity index is 965. The number of esters is 1. The Labute approximate surface area is 221 Å². The molecule has 1 N–H and O–H groups in total. The Kier molecular flexibility index (Phi) is 6.34. The zero-order chi connectivity index (χ0) is 26.2. The number of aliphatic carboxylic acids is 1. The van der Waals surface area contributed by atoms with Crippen LogP contribution in [-0.2, 0) is 23.8 Å². The van der Waals surface area contributed by atoms with Crippen LogP contribution < -0.4 is 0 Å².